The number of aliphatic hydroxyl groups is 1. The lowest BCUT2D eigenvalue weighted by molar-refractivity contribution is 0.102. The second-order valence-corrected chi connectivity index (χ2v) is 6.14. The molecule has 2 rings (SSSR count). The predicted octanol–water partition coefficient (Wildman–Crippen LogP) is 2.10. The maximum atomic E-state index is 9.52. The Morgan fingerprint density at radius 2 is 1.67 bits per heavy atom. The fourth-order valence-corrected chi connectivity index (χ4v) is 3.56. The molecule has 3 heteroatoms. The summed E-state index contributed by atoms with van der Waals surface area (Å²) in [6.45, 7) is 4.00. The molecule has 0 bridgehead atoms. The summed E-state index contributed by atoms with van der Waals surface area (Å²) in [5, 5.41) is 9.52. The number of piperidine rings is 1. The van der Waals surface area contributed by atoms with Gasteiger partial charge in [-0.05, 0) is 52.2 Å². The molecule has 1 N–H and O–H groups in total. The van der Waals surface area contributed by atoms with Crippen molar-refractivity contribution in [3.63, 3.8) is 0 Å². The summed E-state index contributed by atoms with van der Waals surface area (Å²) in [6, 6.07) is 1.21. The highest BCUT2D eigenvalue weighted by molar-refractivity contribution is 4.79. The lowest BCUT2D eigenvalue weighted by atomic mass is 9.99. The van der Waals surface area contributed by atoms with E-state index in [9.17, 15) is 5.11 Å². The molecule has 2 aliphatic heterocycles. The number of rotatable bonds is 4. The Balaban J connectivity index is 1.79. The quantitative estimate of drug-likeness (QED) is 0.832. The van der Waals surface area contributed by atoms with Crippen LogP contribution in [0.15, 0.2) is 0 Å². The van der Waals surface area contributed by atoms with Gasteiger partial charge in [0.2, 0.25) is 0 Å². The van der Waals surface area contributed by atoms with Crippen molar-refractivity contribution in [3.05, 3.63) is 0 Å². The van der Waals surface area contributed by atoms with Crippen LogP contribution in [0, 0.1) is 0 Å². The van der Waals surface area contributed by atoms with E-state index < -0.39 is 0 Å². The van der Waals surface area contributed by atoms with Gasteiger partial charge in [-0.15, -0.1) is 0 Å². The normalized spacial score (nSPS) is 32.3. The highest BCUT2D eigenvalue weighted by Gasteiger charge is 2.23. The molecular formula is C15H30N2O. The highest BCUT2D eigenvalue weighted by atomic mass is 16.3. The van der Waals surface area contributed by atoms with Gasteiger partial charge >= 0.3 is 0 Å². The Morgan fingerprint density at radius 1 is 0.944 bits per heavy atom. The molecule has 106 valence electrons. The summed E-state index contributed by atoms with van der Waals surface area (Å²) < 4.78 is 0. The maximum absolute atomic E-state index is 9.52. The largest absolute Gasteiger partial charge is 0.395 e. The van der Waals surface area contributed by atoms with Crippen molar-refractivity contribution in [2.24, 2.45) is 0 Å². The SMILES string of the molecule is CN1CCCCC1CCN1CCCCCC1CO. The van der Waals surface area contributed by atoms with Gasteiger partial charge in [0, 0.05) is 18.6 Å². The van der Waals surface area contributed by atoms with E-state index in [1.54, 1.807) is 0 Å². The number of aliphatic hydroxyl groups excluding tert-OH is 1. The first-order valence-corrected chi connectivity index (χ1v) is 7.86. The van der Waals surface area contributed by atoms with Crippen molar-refractivity contribution in [3.8, 4) is 0 Å². The third kappa shape index (κ3) is 3.94. The van der Waals surface area contributed by atoms with Crippen LogP contribution >= 0.6 is 0 Å². The van der Waals surface area contributed by atoms with Crippen LogP contribution in [0.2, 0.25) is 0 Å². The summed E-state index contributed by atoms with van der Waals surface area (Å²) >= 11 is 0. The molecule has 2 unspecified atom stereocenters. The van der Waals surface area contributed by atoms with Crippen molar-refractivity contribution >= 4 is 0 Å². The number of nitrogens with zero attached hydrogens (tertiary/aromatic N) is 2. The summed E-state index contributed by atoms with van der Waals surface area (Å²) in [6.07, 6.45) is 10.6. The molecule has 2 saturated heterocycles. The van der Waals surface area contributed by atoms with Gasteiger partial charge in [0.05, 0.1) is 6.61 Å². The maximum Gasteiger partial charge on any atom is 0.0586 e. The molecule has 0 aromatic carbocycles. The van der Waals surface area contributed by atoms with Crippen molar-refractivity contribution in [2.45, 2.75) is 63.5 Å². The van der Waals surface area contributed by atoms with Crippen LogP contribution in [0.5, 0.6) is 0 Å². The van der Waals surface area contributed by atoms with E-state index in [4.69, 9.17) is 0 Å². The molecular weight excluding hydrogens is 224 g/mol. The first kappa shape index (κ1) is 14.3. The Bertz CT molecular complexity index is 235. The second-order valence-electron chi connectivity index (χ2n) is 6.14. The van der Waals surface area contributed by atoms with E-state index in [0.717, 1.165) is 6.04 Å². The van der Waals surface area contributed by atoms with Crippen LogP contribution < -0.4 is 0 Å². The molecule has 18 heavy (non-hydrogen) atoms. The zero-order valence-electron chi connectivity index (χ0n) is 12.0. The molecule has 0 aromatic rings. The van der Waals surface area contributed by atoms with Crippen LogP contribution in [-0.2, 0) is 0 Å². The molecule has 0 aliphatic carbocycles. The smallest absolute Gasteiger partial charge is 0.0586 e. The topological polar surface area (TPSA) is 26.7 Å². The van der Waals surface area contributed by atoms with Crippen LogP contribution in [0.25, 0.3) is 0 Å². The molecule has 0 saturated carbocycles. The molecule has 3 nitrogen and oxygen atoms in total. The van der Waals surface area contributed by atoms with E-state index >= 15 is 0 Å². The van der Waals surface area contributed by atoms with Crippen molar-refractivity contribution in [1.82, 2.24) is 9.80 Å². The van der Waals surface area contributed by atoms with Gasteiger partial charge in [0.1, 0.15) is 0 Å². The Kier molecular flexibility index (Phi) is 5.93. The first-order chi connectivity index (χ1) is 8.81. The fraction of sp³-hybridized carbons (Fsp3) is 1.00. The third-order valence-corrected chi connectivity index (χ3v) is 4.88. The highest BCUT2D eigenvalue weighted by Crippen LogP contribution is 2.21. The molecule has 0 radical (unpaired) electrons. The summed E-state index contributed by atoms with van der Waals surface area (Å²) in [5.41, 5.74) is 0. The second kappa shape index (κ2) is 7.46. The standard InChI is InChI=1S/C15H30N2O/c1-16-10-6-4-7-14(16)9-12-17-11-5-2-3-8-15(17)13-18/h14-15,18H,2-13H2,1H3. The Morgan fingerprint density at radius 3 is 2.44 bits per heavy atom. The molecule has 2 atom stereocenters. The van der Waals surface area contributed by atoms with Gasteiger partial charge in [0.15, 0.2) is 0 Å². The van der Waals surface area contributed by atoms with E-state index in [-0.39, 0.29) is 0 Å². The molecule has 2 aliphatic rings. The van der Waals surface area contributed by atoms with Gasteiger partial charge in [0.25, 0.3) is 0 Å². The van der Waals surface area contributed by atoms with Gasteiger partial charge in [-0.3, -0.25) is 4.90 Å². The zero-order chi connectivity index (χ0) is 12.8. The van der Waals surface area contributed by atoms with Gasteiger partial charge < -0.3 is 10.0 Å². The van der Waals surface area contributed by atoms with Crippen molar-refractivity contribution in [2.75, 3.05) is 33.3 Å². The molecule has 2 heterocycles. The minimum atomic E-state index is 0.348. The third-order valence-electron chi connectivity index (χ3n) is 4.88. The minimum absolute atomic E-state index is 0.348. The molecule has 0 spiro atoms. The number of hydrogen-bond acceptors (Lipinski definition) is 3. The molecule has 0 aromatic heterocycles. The summed E-state index contributed by atoms with van der Waals surface area (Å²) in [4.78, 5) is 5.09. The lowest BCUT2D eigenvalue weighted by Gasteiger charge is -2.35. The van der Waals surface area contributed by atoms with Crippen molar-refractivity contribution < 1.29 is 5.11 Å². The first-order valence-electron chi connectivity index (χ1n) is 7.86. The van der Waals surface area contributed by atoms with E-state index in [1.807, 2.05) is 0 Å². The Hall–Kier alpha value is -0.120. The molecule has 2 fully saturated rings. The van der Waals surface area contributed by atoms with Crippen LogP contribution in [0.3, 0.4) is 0 Å². The van der Waals surface area contributed by atoms with Crippen molar-refractivity contribution in [1.29, 1.82) is 0 Å². The van der Waals surface area contributed by atoms with E-state index in [0.29, 0.717) is 12.6 Å². The molecule has 0 amide bonds. The van der Waals surface area contributed by atoms with E-state index in [2.05, 4.69) is 16.8 Å². The summed E-state index contributed by atoms with van der Waals surface area (Å²) in [7, 11) is 2.27. The zero-order valence-corrected chi connectivity index (χ0v) is 12.0. The fourth-order valence-electron chi connectivity index (χ4n) is 3.56. The Labute approximate surface area is 112 Å². The summed E-state index contributed by atoms with van der Waals surface area (Å²) in [5.74, 6) is 0. The van der Waals surface area contributed by atoms with Crippen LogP contribution in [0.1, 0.15) is 51.4 Å². The van der Waals surface area contributed by atoms with E-state index in [1.165, 1.54) is 71.0 Å². The number of likely N-dealkylation sites (tertiary alicyclic amines) is 2. The average molecular weight is 254 g/mol. The average Bonchev–Trinajstić information content (AvgIpc) is 2.62. The minimum Gasteiger partial charge on any atom is -0.395 e. The van der Waals surface area contributed by atoms with Crippen LogP contribution in [-0.4, -0.2) is 60.3 Å². The van der Waals surface area contributed by atoms with Gasteiger partial charge in [-0.25, -0.2) is 0 Å². The lowest BCUT2D eigenvalue weighted by Crippen LogP contribution is -2.42. The monoisotopic (exact) mass is 254 g/mol. The van der Waals surface area contributed by atoms with Crippen LogP contribution in [0.4, 0.5) is 0 Å². The van der Waals surface area contributed by atoms with Gasteiger partial charge in [-0.1, -0.05) is 19.3 Å². The predicted molar refractivity (Wildman–Crippen MR) is 75.8 cm³/mol. The number of hydrogen-bond donors (Lipinski definition) is 1. The van der Waals surface area contributed by atoms with Gasteiger partial charge in [-0.2, -0.15) is 0 Å².